The Labute approximate surface area is 96.6 Å². The van der Waals surface area contributed by atoms with Gasteiger partial charge in [-0.25, -0.2) is 0 Å². The summed E-state index contributed by atoms with van der Waals surface area (Å²) in [4.78, 5) is 13.7. The third-order valence-corrected chi connectivity index (χ3v) is 3.20. The molecule has 0 spiro atoms. The van der Waals surface area contributed by atoms with Gasteiger partial charge >= 0.3 is 0 Å². The van der Waals surface area contributed by atoms with Crippen molar-refractivity contribution < 1.29 is 4.79 Å². The molecule has 16 heavy (non-hydrogen) atoms. The fourth-order valence-electron chi connectivity index (χ4n) is 2.26. The van der Waals surface area contributed by atoms with E-state index in [2.05, 4.69) is 13.5 Å². The highest BCUT2D eigenvalue weighted by Crippen LogP contribution is 2.28. The number of rotatable bonds is 3. The summed E-state index contributed by atoms with van der Waals surface area (Å²) in [6.45, 7) is 5.86. The lowest BCUT2D eigenvalue weighted by atomic mass is 10.1. The quantitative estimate of drug-likeness (QED) is 0.758. The average molecular weight is 215 g/mol. The average Bonchev–Trinajstić information content (AvgIpc) is 2.70. The van der Waals surface area contributed by atoms with Crippen molar-refractivity contribution in [2.45, 2.75) is 32.2 Å². The molecule has 0 radical (unpaired) electrons. The Morgan fingerprint density at radius 3 is 2.69 bits per heavy atom. The molecule has 2 nitrogen and oxygen atoms in total. The van der Waals surface area contributed by atoms with Gasteiger partial charge in [0.1, 0.15) is 0 Å². The second-order valence-electron chi connectivity index (χ2n) is 4.16. The van der Waals surface area contributed by atoms with Crippen LogP contribution in [0.4, 0.5) is 5.69 Å². The van der Waals surface area contributed by atoms with Gasteiger partial charge in [-0.1, -0.05) is 31.7 Å². The van der Waals surface area contributed by atoms with E-state index >= 15 is 0 Å². The van der Waals surface area contributed by atoms with Crippen LogP contribution in [0, 0.1) is 0 Å². The van der Waals surface area contributed by atoms with E-state index in [0.29, 0.717) is 12.5 Å². The predicted molar refractivity (Wildman–Crippen MR) is 67.3 cm³/mol. The molecule has 1 fully saturated rings. The second kappa shape index (κ2) is 4.52. The topological polar surface area (TPSA) is 20.3 Å². The standard InChI is InChI=1S/C14H17NO/c1-3-11-5-7-13(8-6-11)15-12(4-2)9-10-14(15)16/h3,5-8,12H,1,4,9-10H2,2H3. The van der Waals surface area contributed by atoms with Gasteiger partial charge in [0, 0.05) is 18.2 Å². The van der Waals surface area contributed by atoms with Crippen molar-refractivity contribution in [1.29, 1.82) is 0 Å². The van der Waals surface area contributed by atoms with Gasteiger partial charge < -0.3 is 4.90 Å². The number of amides is 1. The number of carbonyl (C=O) groups excluding carboxylic acids is 1. The van der Waals surface area contributed by atoms with Crippen molar-refractivity contribution in [2.24, 2.45) is 0 Å². The maximum absolute atomic E-state index is 11.8. The number of carbonyl (C=O) groups is 1. The lowest BCUT2D eigenvalue weighted by Gasteiger charge is -2.23. The summed E-state index contributed by atoms with van der Waals surface area (Å²) in [5, 5.41) is 0. The lowest BCUT2D eigenvalue weighted by molar-refractivity contribution is -0.117. The molecule has 0 saturated carbocycles. The summed E-state index contributed by atoms with van der Waals surface area (Å²) in [5.74, 6) is 0.248. The molecular formula is C14H17NO. The maximum Gasteiger partial charge on any atom is 0.227 e. The fraction of sp³-hybridized carbons (Fsp3) is 0.357. The van der Waals surface area contributed by atoms with Crippen LogP contribution in [-0.4, -0.2) is 11.9 Å². The van der Waals surface area contributed by atoms with Crippen molar-refractivity contribution in [1.82, 2.24) is 0 Å². The van der Waals surface area contributed by atoms with E-state index in [1.807, 2.05) is 35.2 Å². The van der Waals surface area contributed by atoms with Crippen molar-refractivity contribution in [3.8, 4) is 0 Å². The smallest absolute Gasteiger partial charge is 0.227 e. The molecule has 0 N–H and O–H groups in total. The minimum atomic E-state index is 0.248. The highest BCUT2D eigenvalue weighted by atomic mass is 16.2. The number of anilines is 1. The van der Waals surface area contributed by atoms with Crippen LogP contribution in [0.15, 0.2) is 30.8 Å². The normalized spacial score (nSPS) is 20.2. The molecule has 1 aromatic rings. The van der Waals surface area contributed by atoms with E-state index in [1.165, 1.54) is 0 Å². The van der Waals surface area contributed by atoms with Crippen LogP contribution in [0.1, 0.15) is 31.7 Å². The molecule has 1 aliphatic heterocycles. The van der Waals surface area contributed by atoms with Crippen LogP contribution in [-0.2, 0) is 4.79 Å². The molecule has 1 aliphatic rings. The van der Waals surface area contributed by atoms with Crippen LogP contribution in [0.25, 0.3) is 6.08 Å². The van der Waals surface area contributed by atoms with E-state index in [4.69, 9.17) is 0 Å². The SMILES string of the molecule is C=Cc1ccc(N2C(=O)CCC2CC)cc1. The molecule has 1 unspecified atom stereocenters. The number of hydrogen-bond acceptors (Lipinski definition) is 1. The number of nitrogens with zero attached hydrogens (tertiary/aromatic N) is 1. The zero-order chi connectivity index (χ0) is 11.5. The van der Waals surface area contributed by atoms with E-state index in [0.717, 1.165) is 24.1 Å². The summed E-state index contributed by atoms with van der Waals surface area (Å²) in [6, 6.07) is 8.38. The van der Waals surface area contributed by atoms with E-state index in [-0.39, 0.29) is 5.91 Å². The van der Waals surface area contributed by atoms with Crippen molar-refractivity contribution in [2.75, 3.05) is 4.90 Å². The lowest BCUT2D eigenvalue weighted by Crippen LogP contribution is -2.32. The Morgan fingerprint density at radius 1 is 1.44 bits per heavy atom. The predicted octanol–water partition coefficient (Wildman–Crippen LogP) is 3.24. The Hall–Kier alpha value is -1.57. The fourth-order valence-corrected chi connectivity index (χ4v) is 2.26. The van der Waals surface area contributed by atoms with Crippen LogP contribution >= 0.6 is 0 Å². The van der Waals surface area contributed by atoms with Crippen LogP contribution in [0.2, 0.25) is 0 Å². The zero-order valence-electron chi connectivity index (χ0n) is 9.65. The van der Waals surface area contributed by atoms with E-state index in [9.17, 15) is 4.79 Å². The maximum atomic E-state index is 11.8. The Morgan fingerprint density at radius 2 is 2.12 bits per heavy atom. The highest BCUT2D eigenvalue weighted by molar-refractivity contribution is 5.96. The molecule has 1 aromatic carbocycles. The first-order valence-electron chi connectivity index (χ1n) is 5.80. The van der Waals surface area contributed by atoms with E-state index < -0.39 is 0 Å². The molecule has 0 aliphatic carbocycles. The van der Waals surface area contributed by atoms with Gasteiger partial charge in [0.05, 0.1) is 0 Å². The van der Waals surface area contributed by atoms with Gasteiger partial charge in [-0.2, -0.15) is 0 Å². The summed E-state index contributed by atoms with van der Waals surface area (Å²) < 4.78 is 0. The Kier molecular flexibility index (Phi) is 3.09. The summed E-state index contributed by atoms with van der Waals surface area (Å²) >= 11 is 0. The number of benzene rings is 1. The highest BCUT2D eigenvalue weighted by Gasteiger charge is 2.30. The first-order chi connectivity index (χ1) is 7.76. The molecule has 2 heteroatoms. The molecule has 1 heterocycles. The largest absolute Gasteiger partial charge is 0.309 e. The molecule has 2 rings (SSSR count). The zero-order valence-corrected chi connectivity index (χ0v) is 9.65. The van der Waals surface area contributed by atoms with Gasteiger partial charge in [0.25, 0.3) is 0 Å². The molecule has 0 aromatic heterocycles. The summed E-state index contributed by atoms with van der Waals surface area (Å²) in [5.41, 5.74) is 2.10. The summed E-state index contributed by atoms with van der Waals surface area (Å²) in [6.07, 6.45) is 4.50. The van der Waals surface area contributed by atoms with E-state index in [1.54, 1.807) is 0 Å². The Bertz CT molecular complexity index is 394. The molecule has 1 atom stereocenters. The first-order valence-corrected chi connectivity index (χ1v) is 5.80. The van der Waals surface area contributed by atoms with Crippen molar-refractivity contribution >= 4 is 17.7 Å². The minimum absolute atomic E-state index is 0.248. The molecule has 1 saturated heterocycles. The van der Waals surface area contributed by atoms with Gasteiger partial charge in [0.15, 0.2) is 0 Å². The van der Waals surface area contributed by atoms with Crippen molar-refractivity contribution in [3.05, 3.63) is 36.4 Å². The van der Waals surface area contributed by atoms with Crippen LogP contribution in [0.3, 0.4) is 0 Å². The van der Waals surface area contributed by atoms with Gasteiger partial charge in [0.2, 0.25) is 5.91 Å². The monoisotopic (exact) mass is 215 g/mol. The van der Waals surface area contributed by atoms with Crippen molar-refractivity contribution in [3.63, 3.8) is 0 Å². The molecule has 1 amide bonds. The molecule has 84 valence electrons. The third kappa shape index (κ3) is 1.87. The van der Waals surface area contributed by atoms with Gasteiger partial charge in [-0.15, -0.1) is 0 Å². The summed E-state index contributed by atoms with van der Waals surface area (Å²) in [7, 11) is 0. The third-order valence-electron chi connectivity index (χ3n) is 3.20. The molecule has 0 bridgehead atoms. The molecular weight excluding hydrogens is 198 g/mol. The second-order valence-corrected chi connectivity index (χ2v) is 4.16. The number of hydrogen-bond donors (Lipinski definition) is 0. The van der Waals surface area contributed by atoms with Crippen LogP contribution in [0.5, 0.6) is 0 Å². The minimum Gasteiger partial charge on any atom is -0.309 e. The van der Waals surface area contributed by atoms with Crippen LogP contribution < -0.4 is 4.90 Å². The first kappa shape index (κ1) is 10.9. The van der Waals surface area contributed by atoms with Gasteiger partial charge in [-0.05, 0) is 30.5 Å². The van der Waals surface area contributed by atoms with Gasteiger partial charge in [-0.3, -0.25) is 4.79 Å². The Balaban J connectivity index is 2.27.